The quantitative estimate of drug-likeness (QED) is 0.780. The first-order valence-corrected chi connectivity index (χ1v) is 6.53. The molecule has 0 saturated carbocycles. The van der Waals surface area contributed by atoms with Crippen molar-refractivity contribution in [3.05, 3.63) is 34.9 Å². The maximum Gasteiger partial charge on any atom is 0.416 e. The van der Waals surface area contributed by atoms with Crippen molar-refractivity contribution >= 4 is 0 Å². The lowest BCUT2D eigenvalue weighted by atomic mass is 9.86. The zero-order valence-electron chi connectivity index (χ0n) is 10.6. The number of nitrogens with one attached hydrogen (secondary N) is 1. The van der Waals surface area contributed by atoms with Gasteiger partial charge in [0.05, 0.1) is 24.3 Å². The molecule has 3 rings (SSSR count). The van der Waals surface area contributed by atoms with Crippen molar-refractivity contribution in [2.75, 3.05) is 0 Å². The van der Waals surface area contributed by atoms with Crippen LogP contribution in [0.3, 0.4) is 0 Å². The summed E-state index contributed by atoms with van der Waals surface area (Å²) in [6.45, 7) is 2.37. The van der Waals surface area contributed by atoms with Crippen LogP contribution in [0.15, 0.2) is 18.2 Å². The molecule has 1 saturated heterocycles. The van der Waals surface area contributed by atoms with Crippen LogP contribution >= 0.6 is 0 Å². The van der Waals surface area contributed by atoms with Crippen LogP contribution in [0.2, 0.25) is 0 Å². The van der Waals surface area contributed by atoms with E-state index in [1.54, 1.807) is 6.07 Å². The Hall–Kier alpha value is -1.07. The average Bonchev–Trinajstić information content (AvgIpc) is 2.36. The molecule has 0 aromatic heterocycles. The first-order chi connectivity index (χ1) is 8.95. The number of fused-ring (bicyclic) bond motifs is 3. The highest BCUT2D eigenvalue weighted by Crippen LogP contribution is 2.38. The molecule has 0 spiro atoms. The number of hydrogen-bond acceptors (Lipinski definition) is 2. The highest BCUT2D eigenvalue weighted by Gasteiger charge is 2.37. The monoisotopic (exact) mass is 271 g/mol. The van der Waals surface area contributed by atoms with Gasteiger partial charge in [0, 0.05) is 6.04 Å². The fourth-order valence-electron chi connectivity index (χ4n) is 2.96. The van der Waals surface area contributed by atoms with Crippen LogP contribution in [0.1, 0.15) is 42.5 Å². The van der Waals surface area contributed by atoms with Crippen molar-refractivity contribution in [1.29, 1.82) is 0 Å². The van der Waals surface area contributed by atoms with Gasteiger partial charge < -0.3 is 10.1 Å². The Kier molecular flexibility index (Phi) is 3.06. The van der Waals surface area contributed by atoms with E-state index in [0.717, 1.165) is 18.4 Å². The minimum atomic E-state index is -4.29. The Morgan fingerprint density at radius 3 is 2.79 bits per heavy atom. The first-order valence-electron chi connectivity index (χ1n) is 6.53. The first kappa shape index (κ1) is 12.9. The number of hydrogen-bond donors (Lipinski definition) is 1. The number of piperidine rings is 1. The van der Waals surface area contributed by atoms with Crippen molar-refractivity contribution in [2.45, 2.75) is 50.7 Å². The summed E-state index contributed by atoms with van der Waals surface area (Å²) in [5.74, 6) is 0. The molecule has 0 bridgehead atoms. The van der Waals surface area contributed by atoms with Gasteiger partial charge in [-0.05, 0) is 43.0 Å². The second-order valence-electron chi connectivity index (χ2n) is 5.38. The maximum absolute atomic E-state index is 12.7. The van der Waals surface area contributed by atoms with Crippen LogP contribution in [0.4, 0.5) is 13.2 Å². The van der Waals surface area contributed by atoms with E-state index in [-0.39, 0.29) is 18.8 Å². The van der Waals surface area contributed by atoms with Crippen molar-refractivity contribution in [2.24, 2.45) is 0 Å². The fraction of sp³-hybridized carbons (Fsp3) is 0.571. The zero-order chi connectivity index (χ0) is 13.6. The second-order valence-corrected chi connectivity index (χ2v) is 5.38. The molecule has 0 amide bonds. The molecule has 1 fully saturated rings. The summed E-state index contributed by atoms with van der Waals surface area (Å²) < 4.78 is 43.8. The fourth-order valence-corrected chi connectivity index (χ4v) is 2.96. The molecule has 1 N–H and O–H groups in total. The van der Waals surface area contributed by atoms with Crippen LogP contribution in [0, 0.1) is 0 Å². The molecule has 1 unspecified atom stereocenters. The maximum atomic E-state index is 12.7. The predicted octanol–water partition coefficient (Wildman–Crippen LogP) is 3.42. The molecular formula is C14H16F3NO. The molecule has 5 heteroatoms. The van der Waals surface area contributed by atoms with Crippen molar-refractivity contribution in [3.8, 4) is 0 Å². The average molecular weight is 271 g/mol. The van der Waals surface area contributed by atoms with Gasteiger partial charge in [-0.2, -0.15) is 13.2 Å². The molecule has 1 aromatic carbocycles. The zero-order valence-corrected chi connectivity index (χ0v) is 10.6. The van der Waals surface area contributed by atoms with Crippen LogP contribution in [0.5, 0.6) is 0 Å². The smallest absolute Gasteiger partial charge is 0.372 e. The number of rotatable bonds is 0. The van der Waals surface area contributed by atoms with Crippen molar-refractivity contribution < 1.29 is 17.9 Å². The Morgan fingerprint density at radius 2 is 2.05 bits per heavy atom. The predicted molar refractivity (Wildman–Crippen MR) is 64.6 cm³/mol. The van der Waals surface area contributed by atoms with Gasteiger partial charge in [-0.25, -0.2) is 0 Å². The number of alkyl halides is 3. The third kappa shape index (κ3) is 2.37. The third-order valence-electron chi connectivity index (χ3n) is 3.98. The summed E-state index contributed by atoms with van der Waals surface area (Å²) in [6, 6.07) is 4.38. The highest BCUT2D eigenvalue weighted by molar-refractivity contribution is 5.37. The Balaban J connectivity index is 1.95. The van der Waals surface area contributed by atoms with E-state index in [2.05, 4.69) is 12.2 Å². The summed E-state index contributed by atoms with van der Waals surface area (Å²) in [5.41, 5.74) is 1.01. The van der Waals surface area contributed by atoms with E-state index in [1.807, 2.05) is 0 Å². The molecule has 19 heavy (non-hydrogen) atoms. The lowest BCUT2D eigenvalue weighted by Gasteiger charge is -2.40. The highest BCUT2D eigenvalue weighted by atomic mass is 19.4. The second kappa shape index (κ2) is 4.49. The van der Waals surface area contributed by atoms with E-state index in [9.17, 15) is 13.2 Å². The standard InChI is InChI=1S/C14H16F3NO/c1-8-2-5-12-13(18-8)11-4-3-10(14(15,16)17)6-9(11)7-19-12/h3-4,6,8,12-13,18H,2,5,7H2,1H3/t8-,12?,13+/m0/s1. The van der Waals surface area contributed by atoms with Crippen LogP contribution in [-0.4, -0.2) is 12.1 Å². The van der Waals surface area contributed by atoms with Gasteiger partial charge in [0.15, 0.2) is 0 Å². The molecule has 3 atom stereocenters. The molecule has 1 aromatic rings. The van der Waals surface area contributed by atoms with Crippen LogP contribution < -0.4 is 5.32 Å². The Bertz CT molecular complexity index is 486. The molecule has 104 valence electrons. The van der Waals surface area contributed by atoms with E-state index < -0.39 is 11.7 Å². The summed E-state index contributed by atoms with van der Waals surface area (Å²) in [7, 11) is 0. The topological polar surface area (TPSA) is 21.3 Å². The largest absolute Gasteiger partial charge is 0.416 e. The van der Waals surface area contributed by atoms with E-state index in [0.29, 0.717) is 11.6 Å². The van der Waals surface area contributed by atoms with Gasteiger partial charge in [-0.3, -0.25) is 0 Å². The van der Waals surface area contributed by atoms with Crippen LogP contribution in [-0.2, 0) is 17.5 Å². The Morgan fingerprint density at radius 1 is 1.26 bits per heavy atom. The molecular weight excluding hydrogens is 255 g/mol. The number of benzene rings is 1. The molecule has 2 aliphatic heterocycles. The minimum Gasteiger partial charge on any atom is -0.372 e. The molecule has 0 radical (unpaired) electrons. The minimum absolute atomic E-state index is 0.0229. The van der Waals surface area contributed by atoms with Gasteiger partial charge in [0.2, 0.25) is 0 Å². The molecule has 2 heterocycles. The summed E-state index contributed by atoms with van der Waals surface area (Å²) in [5, 5.41) is 3.43. The lowest BCUT2D eigenvalue weighted by molar-refractivity contribution is -0.137. The van der Waals surface area contributed by atoms with Gasteiger partial charge in [0.25, 0.3) is 0 Å². The lowest BCUT2D eigenvalue weighted by Crippen LogP contribution is -2.46. The Labute approximate surface area is 109 Å². The van der Waals surface area contributed by atoms with E-state index >= 15 is 0 Å². The summed E-state index contributed by atoms with van der Waals surface area (Å²) >= 11 is 0. The molecule has 2 aliphatic rings. The van der Waals surface area contributed by atoms with Gasteiger partial charge >= 0.3 is 6.18 Å². The normalized spacial score (nSPS) is 30.6. The molecule has 0 aliphatic carbocycles. The van der Waals surface area contributed by atoms with Gasteiger partial charge in [0.1, 0.15) is 0 Å². The summed E-state index contributed by atoms with van der Waals surface area (Å²) in [6.07, 6.45) is -2.21. The van der Waals surface area contributed by atoms with Gasteiger partial charge in [-0.15, -0.1) is 0 Å². The van der Waals surface area contributed by atoms with Crippen LogP contribution in [0.25, 0.3) is 0 Å². The number of halogens is 3. The van der Waals surface area contributed by atoms with Crippen molar-refractivity contribution in [1.82, 2.24) is 5.32 Å². The van der Waals surface area contributed by atoms with Gasteiger partial charge in [-0.1, -0.05) is 6.07 Å². The van der Waals surface area contributed by atoms with Crippen molar-refractivity contribution in [3.63, 3.8) is 0 Å². The molecule has 2 nitrogen and oxygen atoms in total. The summed E-state index contributed by atoms with van der Waals surface area (Å²) in [4.78, 5) is 0. The van der Waals surface area contributed by atoms with E-state index in [4.69, 9.17) is 4.74 Å². The number of ether oxygens (including phenoxy) is 1. The third-order valence-corrected chi connectivity index (χ3v) is 3.98. The SMILES string of the molecule is C[C@H]1CCC2OCc3cc(C(F)(F)F)ccc3[C@H]2N1. The van der Waals surface area contributed by atoms with E-state index in [1.165, 1.54) is 12.1 Å².